The van der Waals surface area contributed by atoms with Crippen molar-refractivity contribution in [1.29, 1.82) is 0 Å². The Morgan fingerprint density at radius 2 is 1.78 bits per heavy atom. The number of hydrogen-bond donors (Lipinski definition) is 1. The van der Waals surface area contributed by atoms with Crippen molar-refractivity contribution in [2.24, 2.45) is 0 Å². The molecular formula is C14H16ClN3. The van der Waals surface area contributed by atoms with Crippen LogP contribution < -0.4 is 5.73 Å². The molecule has 0 unspecified atom stereocenters. The van der Waals surface area contributed by atoms with Crippen LogP contribution in [0, 0.1) is 0 Å². The van der Waals surface area contributed by atoms with Gasteiger partial charge in [-0.05, 0) is 42.4 Å². The summed E-state index contributed by atoms with van der Waals surface area (Å²) in [5, 5.41) is 0.616. The first-order valence-corrected chi connectivity index (χ1v) is 6.14. The molecule has 2 N–H and O–H groups in total. The lowest BCUT2D eigenvalue weighted by molar-refractivity contribution is 0.319. The summed E-state index contributed by atoms with van der Waals surface area (Å²) in [6, 6.07) is 9.81. The SMILES string of the molecule is CN(Cc1ccncc1)Cc1ccc(N)c(Cl)c1. The summed E-state index contributed by atoms with van der Waals surface area (Å²) in [6.07, 6.45) is 3.62. The van der Waals surface area contributed by atoms with Gasteiger partial charge < -0.3 is 5.73 Å². The van der Waals surface area contributed by atoms with Crippen molar-refractivity contribution in [3.63, 3.8) is 0 Å². The van der Waals surface area contributed by atoms with Crippen molar-refractivity contribution >= 4 is 17.3 Å². The van der Waals surface area contributed by atoms with Crippen LogP contribution in [0.25, 0.3) is 0 Å². The number of benzene rings is 1. The zero-order chi connectivity index (χ0) is 13.0. The molecule has 1 aromatic heterocycles. The van der Waals surface area contributed by atoms with Crippen molar-refractivity contribution < 1.29 is 0 Å². The highest BCUT2D eigenvalue weighted by Gasteiger charge is 2.03. The molecule has 94 valence electrons. The number of nitrogens with two attached hydrogens (primary N) is 1. The van der Waals surface area contributed by atoms with E-state index in [4.69, 9.17) is 17.3 Å². The van der Waals surface area contributed by atoms with E-state index in [-0.39, 0.29) is 0 Å². The molecule has 0 aliphatic rings. The molecule has 2 rings (SSSR count). The van der Waals surface area contributed by atoms with Gasteiger partial charge in [0.05, 0.1) is 10.7 Å². The van der Waals surface area contributed by atoms with Crippen molar-refractivity contribution in [2.75, 3.05) is 12.8 Å². The Bertz CT molecular complexity index is 514. The number of nitrogens with zero attached hydrogens (tertiary/aromatic N) is 2. The average Bonchev–Trinajstić information content (AvgIpc) is 2.35. The van der Waals surface area contributed by atoms with Crippen LogP contribution in [-0.2, 0) is 13.1 Å². The molecule has 18 heavy (non-hydrogen) atoms. The number of halogens is 1. The smallest absolute Gasteiger partial charge is 0.0638 e. The fourth-order valence-corrected chi connectivity index (χ4v) is 2.04. The standard InChI is InChI=1S/C14H16ClN3/c1-18(9-11-4-6-17-7-5-11)10-12-2-3-14(16)13(15)8-12/h2-8H,9-10,16H2,1H3. The predicted octanol–water partition coefficient (Wildman–Crippen LogP) is 2.95. The lowest BCUT2D eigenvalue weighted by Gasteiger charge is -2.17. The van der Waals surface area contributed by atoms with Crippen LogP contribution in [0.4, 0.5) is 5.69 Å². The summed E-state index contributed by atoms with van der Waals surface area (Å²) < 4.78 is 0. The first kappa shape index (κ1) is 12.9. The van der Waals surface area contributed by atoms with Gasteiger partial charge in [-0.2, -0.15) is 0 Å². The molecule has 0 spiro atoms. The molecule has 0 aliphatic heterocycles. The van der Waals surface area contributed by atoms with Crippen LogP contribution in [0.1, 0.15) is 11.1 Å². The van der Waals surface area contributed by atoms with Gasteiger partial charge in [0, 0.05) is 25.5 Å². The van der Waals surface area contributed by atoms with E-state index in [2.05, 4.69) is 16.9 Å². The molecule has 0 saturated heterocycles. The average molecular weight is 262 g/mol. The Kier molecular flexibility index (Phi) is 4.18. The van der Waals surface area contributed by atoms with Gasteiger partial charge in [0.1, 0.15) is 0 Å². The third-order valence-electron chi connectivity index (χ3n) is 2.72. The number of hydrogen-bond acceptors (Lipinski definition) is 3. The Labute approximate surface area is 112 Å². The second-order valence-electron chi connectivity index (χ2n) is 4.38. The van der Waals surface area contributed by atoms with Crippen molar-refractivity contribution in [2.45, 2.75) is 13.1 Å². The minimum absolute atomic E-state index is 0.616. The van der Waals surface area contributed by atoms with Gasteiger partial charge in [-0.1, -0.05) is 17.7 Å². The highest BCUT2D eigenvalue weighted by Crippen LogP contribution is 2.20. The first-order chi connectivity index (χ1) is 8.65. The zero-order valence-corrected chi connectivity index (χ0v) is 11.1. The fourth-order valence-electron chi connectivity index (χ4n) is 1.84. The van der Waals surface area contributed by atoms with Gasteiger partial charge in [-0.25, -0.2) is 0 Å². The van der Waals surface area contributed by atoms with Crippen LogP contribution in [0.15, 0.2) is 42.7 Å². The molecule has 0 atom stereocenters. The topological polar surface area (TPSA) is 42.2 Å². The Balaban J connectivity index is 1.99. The largest absolute Gasteiger partial charge is 0.398 e. The van der Waals surface area contributed by atoms with E-state index in [0.717, 1.165) is 18.7 Å². The molecule has 1 aromatic carbocycles. The maximum atomic E-state index is 6.01. The molecule has 0 radical (unpaired) electrons. The maximum Gasteiger partial charge on any atom is 0.0638 e. The van der Waals surface area contributed by atoms with Gasteiger partial charge in [-0.3, -0.25) is 9.88 Å². The van der Waals surface area contributed by atoms with Crippen molar-refractivity contribution in [3.8, 4) is 0 Å². The van der Waals surface area contributed by atoms with Crippen LogP contribution in [0.3, 0.4) is 0 Å². The van der Waals surface area contributed by atoms with Gasteiger partial charge in [0.25, 0.3) is 0 Å². The second-order valence-corrected chi connectivity index (χ2v) is 4.79. The quantitative estimate of drug-likeness (QED) is 0.861. The highest BCUT2D eigenvalue weighted by molar-refractivity contribution is 6.33. The van der Waals surface area contributed by atoms with Gasteiger partial charge in [0.2, 0.25) is 0 Å². The van der Waals surface area contributed by atoms with Crippen LogP contribution in [0.5, 0.6) is 0 Å². The van der Waals surface area contributed by atoms with Gasteiger partial charge >= 0.3 is 0 Å². The normalized spacial score (nSPS) is 10.8. The summed E-state index contributed by atoms with van der Waals surface area (Å²) in [4.78, 5) is 6.23. The maximum absolute atomic E-state index is 6.01. The van der Waals surface area contributed by atoms with Crippen molar-refractivity contribution in [3.05, 3.63) is 58.9 Å². The summed E-state index contributed by atoms with van der Waals surface area (Å²) in [6.45, 7) is 1.72. The molecule has 0 aliphatic carbocycles. The minimum atomic E-state index is 0.616. The van der Waals surface area contributed by atoms with E-state index < -0.39 is 0 Å². The third-order valence-corrected chi connectivity index (χ3v) is 3.05. The third kappa shape index (κ3) is 3.45. The predicted molar refractivity (Wildman–Crippen MR) is 75.3 cm³/mol. The lowest BCUT2D eigenvalue weighted by atomic mass is 10.2. The van der Waals surface area contributed by atoms with Gasteiger partial charge in [-0.15, -0.1) is 0 Å². The van der Waals surface area contributed by atoms with E-state index >= 15 is 0 Å². The van der Waals surface area contributed by atoms with Gasteiger partial charge in [0.15, 0.2) is 0 Å². The molecule has 4 heteroatoms. The van der Waals surface area contributed by atoms with E-state index in [1.807, 2.05) is 42.7 Å². The highest BCUT2D eigenvalue weighted by atomic mass is 35.5. The number of anilines is 1. The second kappa shape index (κ2) is 5.85. The minimum Gasteiger partial charge on any atom is -0.398 e. The molecule has 0 bridgehead atoms. The Morgan fingerprint density at radius 3 is 2.44 bits per heavy atom. The lowest BCUT2D eigenvalue weighted by Crippen LogP contribution is -2.17. The fraction of sp³-hybridized carbons (Fsp3) is 0.214. The van der Waals surface area contributed by atoms with E-state index in [0.29, 0.717) is 10.7 Å². The Morgan fingerprint density at radius 1 is 1.11 bits per heavy atom. The van der Waals surface area contributed by atoms with Crippen LogP contribution >= 0.6 is 11.6 Å². The molecule has 0 fully saturated rings. The first-order valence-electron chi connectivity index (χ1n) is 5.76. The summed E-state index contributed by atoms with van der Waals surface area (Å²) in [5.74, 6) is 0. The van der Waals surface area contributed by atoms with Crippen molar-refractivity contribution in [1.82, 2.24) is 9.88 Å². The summed E-state index contributed by atoms with van der Waals surface area (Å²) >= 11 is 6.01. The van der Waals surface area contributed by atoms with E-state index in [9.17, 15) is 0 Å². The monoisotopic (exact) mass is 261 g/mol. The summed E-state index contributed by atoms with van der Waals surface area (Å²) in [7, 11) is 2.07. The number of nitrogen functional groups attached to an aromatic ring is 1. The molecular weight excluding hydrogens is 246 g/mol. The molecule has 0 amide bonds. The number of pyridine rings is 1. The number of rotatable bonds is 4. The molecule has 1 heterocycles. The Hall–Kier alpha value is -1.58. The molecule has 0 saturated carbocycles. The molecule has 3 nitrogen and oxygen atoms in total. The van der Waals surface area contributed by atoms with Crippen LogP contribution in [-0.4, -0.2) is 16.9 Å². The van der Waals surface area contributed by atoms with E-state index in [1.165, 1.54) is 5.56 Å². The zero-order valence-electron chi connectivity index (χ0n) is 10.3. The number of aromatic nitrogens is 1. The van der Waals surface area contributed by atoms with Crippen LogP contribution in [0.2, 0.25) is 5.02 Å². The summed E-state index contributed by atoms with van der Waals surface area (Å²) in [5.41, 5.74) is 8.72. The van der Waals surface area contributed by atoms with E-state index in [1.54, 1.807) is 0 Å². The molecule has 2 aromatic rings.